The topological polar surface area (TPSA) is 105 Å². The number of allylic oxidation sites excluding steroid dienone is 1. The second-order valence-electron chi connectivity index (χ2n) is 3.84. The molecule has 1 unspecified atom stereocenters. The van der Waals surface area contributed by atoms with Crippen molar-refractivity contribution in [3.05, 3.63) is 35.6 Å². The molecule has 0 aliphatic carbocycles. The molecular formula is C12H19FN6. The molecule has 0 aromatic carbocycles. The van der Waals surface area contributed by atoms with Crippen molar-refractivity contribution in [3.8, 4) is 0 Å². The number of aliphatic imine (C=N–C) groups is 1. The Kier molecular flexibility index (Phi) is 5.25. The normalized spacial score (nSPS) is 13.8. The molecule has 6 nitrogen and oxygen atoms in total. The minimum absolute atomic E-state index is 0.156. The molecule has 0 saturated heterocycles. The van der Waals surface area contributed by atoms with Gasteiger partial charge in [0.2, 0.25) is 0 Å². The van der Waals surface area contributed by atoms with E-state index in [1.807, 2.05) is 6.92 Å². The van der Waals surface area contributed by atoms with Gasteiger partial charge in [-0.25, -0.2) is 9.38 Å². The van der Waals surface area contributed by atoms with Crippen LogP contribution in [0.3, 0.4) is 0 Å². The van der Waals surface area contributed by atoms with E-state index < -0.39 is 12.0 Å². The summed E-state index contributed by atoms with van der Waals surface area (Å²) in [7, 11) is 0. The van der Waals surface area contributed by atoms with Crippen LogP contribution in [0.5, 0.6) is 0 Å². The van der Waals surface area contributed by atoms with Crippen LogP contribution in [0.25, 0.3) is 0 Å². The molecule has 7 heteroatoms. The molecule has 0 aliphatic rings. The molecule has 0 saturated carbocycles. The van der Waals surface area contributed by atoms with Crippen LogP contribution in [-0.4, -0.2) is 16.4 Å². The van der Waals surface area contributed by atoms with E-state index in [1.165, 1.54) is 0 Å². The van der Waals surface area contributed by atoms with Crippen molar-refractivity contribution in [2.45, 2.75) is 26.4 Å². The molecule has 1 heterocycles. The average Bonchev–Trinajstić information content (AvgIpc) is 2.78. The van der Waals surface area contributed by atoms with Crippen LogP contribution in [0.2, 0.25) is 0 Å². The van der Waals surface area contributed by atoms with Gasteiger partial charge in [-0.15, -0.1) is 0 Å². The number of aromatic amines is 1. The zero-order valence-electron chi connectivity index (χ0n) is 11.1. The zero-order valence-corrected chi connectivity index (χ0v) is 11.1. The Bertz CT molecular complexity index is 502. The number of H-pyrrole nitrogens is 1. The standard InChI is InChI=1S/C12H19FN6/c1-4-8-10(18-19-12(8)16-5-2)11(15)17-6-9(13)7(3)14/h5-6,11,17H,3-4,14-15H2,1-2H3,(H,18,19)/b9-6+,16-5?. The molecule has 0 bridgehead atoms. The van der Waals surface area contributed by atoms with Crippen molar-refractivity contribution in [1.82, 2.24) is 15.5 Å². The number of rotatable bonds is 6. The van der Waals surface area contributed by atoms with Gasteiger partial charge in [-0.3, -0.25) is 5.10 Å². The largest absolute Gasteiger partial charge is 0.397 e. The maximum absolute atomic E-state index is 13.2. The van der Waals surface area contributed by atoms with Crippen molar-refractivity contribution >= 4 is 12.0 Å². The molecule has 0 spiro atoms. The van der Waals surface area contributed by atoms with Gasteiger partial charge in [0.05, 0.1) is 11.4 Å². The van der Waals surface area contributed by atoms with E-state index >= 15 is 0 Å². The first-order valence-corrected chi connectivity index (χ1v) is 5.89. The summed E-state index contributed by atoms with van der Waals surface area (Å²) in [5, 5.41) is 9.55. The first-order valence-electron chi connectivity index (χ1n) is 5.89. The summed E-state index contributed by atoms with van der Waals surface area (Å²) in [6, 6.07) is 0. The lowest BCUT2D eigenvalue weighted by molar-refractivity contribution is 0.586. The fourth-order valence-electron chi connectivity index (χ4n) is 1.54. The van der Waals surface area contributed by atoms with Crippen LogP contribution >= 0.6 is 0 Å². The molecule has 0 amide bonds. The van der Waals surface area contributed by atoms with Crippen molar-refractivity contribution in [2.24, 2.45) is 16.5 Å². The molecule has 6 N–H and O–H groups in total. The van der Waals surface area contributed by atoms with E-state index in [0.29, 0.717) is 17.9 Å². The van der Waals surface area contributed by atoms with E-state index in [2.05, 4.69) is 27.1 Å². The number of aromatic nitrogens is 2. The van der Waals surface area contributed by atoms with Gasteiger partial charge in [0.15, 0.2) is 11.6 Å². The first-order chi connectivity index (χ1) is 9.01. The fraction of sp³-hybridized carbons (Fsp3) is 0.333. The lowest BCUT2D eigenvalue weighted by Crippen LogP contribution is -2.26. The molecule has 19 heavy (non-hydrogen) atoms. The summed E-state index contributed by atoms with van der Waals surface area (Å²) in [5.74, 6) is -0.0650. The summed E-state index contributed by atoms with van der Waals surface area (Å²) >= 11 is 0. The molecule has 0 aliphatic heterocycles. The second-order valence-corrected chi connectivity index (χ2v) is 3.84. The summed E-state index contributed by atoms with van der Waals surface area (Å²) in [6.07, 6.45) is 2.81. The first kappa shape index (κ1) is 14.9. The average molecular weight is 266 g/mol. The third-order valence-electron chi connectivity index (χ3n) is 2.49. The number of hydrogen-bond donors (Lipinski definition) is 4. The smallest absolute Gasteiger partial charge is 0.176 e. The molecule has 1 aromatic heterocycles. The third-order valence-corrected chi connectivity index (χ3v) is 2.49. The minimum atomic E-state index is -0.653. The van der Waals surface area contributed by atoms with Crippen LogP contribution in [0.1, 0.15) is 31.3 Å². The maximum atomic E-state index is 13.2. The Labute approximate surface area is 111 Å². The Morgan fingerprint density at radius 3 is 2.89 bits per heavy atom. The van der Waals surface area contributed by atoms with Gasteiger partial charge < -0.3 is 16.8 Å². The monoisotopic (exact) mass is 266 g/mol. The van der Waals surface area contributed by atoms with Gasteiger partial charge in [0.1, 0.15) is 6.17 Å². The number of hydrogen-bond acceptors (Lipinski definition) is 5. The predicted octanol–water partition coefficient (Wildman–Crippen LogP) is 1.52. The lowest BCUT2D eigenvalue weighted by Gasteiger charge is -2.12. The highest BCUT2D eigenvalue weighted by atomic mass is 19.1. The van der Waals surface area contributed by atoms with Gasteiger partial charge in [0.25, 0.3) is 0 Å². The van der Waals surface area contributed by atoms with E-state index in [9.17, 15) is 4.39 Å². The molecule has 0 fully saturated rings. The number of nitrogens with zero attached hydrogens (tertiary/aromatic N) is 2. The van der Waals surface area contributed by atoms with E-state index in [-0.39, 0.29) is 5.70 Å². The summed E-state index contributed by atoms with van der Waals surface area (Å²) in [4.78, 5) is 4.13. The number of nitrogens with one attached hydrogen (secondary N) is 2. The summed E-state index contributed by atoms with van der Waals surface area (Å²) in [5.41, 5.74) is 12.5. The van der Waals surface area contributed by atoms with Crippen LogP contribution in [0.4, 0.5) is 10.2 Å². The van der Waals surface area contributed by atoms with Gasteiger partial charge in [-0.1, -0.05) is 13.5 Å². The maximum Gasteiger partial charge on any atom is 0.176 e. The summed E-state index contributed by atoms with van der Waals surface area (Å²) in [6.45, 7) is 7.05. The third kappa shape index (κ3) is 3.65. The highest BCUT2D eigenvalue weighted by Gasteiger charge is 2.16. The fourth-order valence-corrected chi connectivity index (χ4v) is 1.54. The van der Waals surface area contributed by atoms with Crippen molar-refractivity contribution in [2.75, 3.05) is 0 Å². The Balaban J connectivity index is 2.91. The zero-order chi connectivity index (χ0) is 14.4. The van der Waals surface area contributed by atoms with Crippen LogP contribution in [0.15, 0.2) is 29.3 Å². The molecule has 0 radical (unpaired) electrons. The van der Waals surface area contributed by atoms with E-state index in [1.54, 1.807) is 13.1 Å². The van der Waals surface area contributed by atoms with Gasteiger partial charge in [-0.2, -0.15) is 5.10 Å². The van der Waals surface area contributed by atoms with Gasteiger partial charge in [-0.05, 0) is 13.3 Å². The summed E-state index contributed by atoms with van der Waals surface area (Å²) < 4.78 is 13.2. The molecule has 1 atom stereocenters. The Hall–Kier alpha value is -2.15. The number of nitrogens with two attached hydrogens (primary N) is 2. The van der Waals surface area contributed by atoms with Gasteiger partial charge >= 0.3 is 0 Å². The van der Waals surface area contributed by atoms with Crippen molar-refractivity contribution < 1.29 is 4.39 Å². The number of halogens is 1. The molecular weight excluding hydrogens is 247 g/mol. The highest BCUT2D eigenvalue weighted by molar-refractivity contribution is 5.60. The minimum Gasteiger partial charge on any atom is -0.397 e. The van der Waals surface area contributed by atoms with Crippen LogP contribution in [-0.2, 0) is 6.42 Å². The van der Waals surface area contributed by atoms with Crippen molar-refractivity contribution in [3.63, 3.8) is 0 Å². The highest BCUT2D eigenvalue weighted by Crippen LogP contribution is 2.23. The Morgan fingerprint density at radius 1 is 1.68 bits per heavy atom. The van der Waals surface area contributed by atoms with Crippen LogP contribution in [0, 0.1) is 0 Å². The van der Waals surface area contributed by atoms with Crippen LogP contribution < -0.4 is 16.8 Å². The lowest BCUT2D eigenvalue weighted by atomic mass is 10.1. The quantitative estimate of drug-likeness (QED) is 0.356. The predicted molar refractivity (Wildman–Crippen MR) is 74.4 cm³/mol. The SMILES string of the molecule is C=C(N)/C(F)=C\NC(N)c1[nH]nc(N=CC)c1CC. The Morgan fingerprint density at radius 2 is 2.37 bits per heavy atom. The molecule has 104 valence electrons. The molecule has 1 rings (SSSR count). The molecule has 1 aromatic rings. The van der Waals surface area contributed by atoms with Crippen molar-refractivity contribution in [1.29, 1.82) is 0 Å². The van der Waals surface area contributed by atoms with E-state index in [4.69, 9.17) is 11.5 Å². The van der Waals surface area contributed by atoms with Gasteiger partial charge in [0, 0.05) is 18.0 Å². The van der Waals surface area contributed by atoms with E-state index in [0.717, 1.165) is 11.8 Å². The second kappa shape index (κ2) is 6.69.